The van der Waals surface area contributed by atoms with Gasteiger partial charge in [0.15, 0.2) is 5.82 Å². The van der Waals surface area contributed by atoms with Crippen molar-refractivity contribution >= 4 is 23.0 Å². The minimum absolute atomic E-state index is 0.355. The minimum atomic E-state index is 0.355. The standard InChI is InChI=1S/C14H22N4OS/c1-9-10(2)17-18-14(12(9)13(15)20)16-6-3-7-19-8-11-4-5-11/h11H,3-8H2,1-2H3,(H2,15,20)(H,16,18). The highest BCUT2D eigenvalue weighted by Gasteiger charge is 2.20. The van der Waals surface area contributed by atoms with E-state index >= 15 is 0 Å². The third-order valence-electron chi connectivity index (χ3n) is 3.51. The van der Waals surface area contributed by atoms with E-state index in [1.165, 1.54) is 12.8 Å². The molecule has 1 heterocycles. The Bertz CT molecular complexity index is 488. The molecule has 0 atom stereocenters. The fourth-order valence-electron chi connectivity index (χ4n) is 1.95. The summed E-state index contributed by atoms with van der Waals surface area (Å²) in [5.74, 6) is 1.48. The van der Waals surface area contributed by atoms with Crippen LogP contribution in [0.5, 0.6) is 0 Å². The van der Waals surface area contributed by atoms with Crippen molar-refractivity contribution in [1.82, 2.24) is 10.2 Å². The first-order valence-electron chi connectivity index (χ1n) is 7.05. The lowest BCUT2D eigenvalue weighted by Gasteiger charge is -2.13. The van der Waals surface area contributed by atoms with Crippen LogP contribution in [0.1, 0.15) is 36.1 Å². The zero-order valence-corrected chi connectivity index (χ0v) is 12.9. The number of rotatable bonds is 8. The Hall–Kier alpha value is -1.27. The van der Waals surface area contributed by atoms with Crippen LogP contribution in [0.15, 0.2) is 0 Å². The first kappa shape index (κ1) is 15.1. The SMILES string of the molecule is Cc1nnc(NCCCOCC2CC2)c(C(N)=S)c1C. The Morgan fingerprint density at radius 2 is 2.15 bits per heavy atom. The summed E-state index contributed by atoms with van der Waals surface area (Å²) in [6, 6.07) is 0. The van der Waals surface area contributed by atoms with E-state index in [0.717, 1.165) is 48.9 Å². The monoisotopic (exact) mass is 294 g/mol. The van der Waals surface area contributed by atoms with Crippen LogP contribution in [0.25, 0.3) is 0 Å². The summed E-state index contributed by atoms with van der Waals surface area (Å²) < 4.78 is 5.59. The van der Waals surface area contributed by atoms with Gasteiger partial charge in [0, 0.05) is 19.8 Å². The van der Waals surface area contributed by atoms with E-state index in [9.17, 15) is 0 Å². The number of nitrogens with zero attached hydrogens (tertiary/aromatic N) is 2. The molecule has 0 aromatic carbocycles. The summed E-state index contributed by atoms with van der Waals surface area (Å²) >= 11 is 5.10. The molecule has 2 rings (SSSR count). The molecule has 110 valence electrons. The van der Waals surface area contributed by atoms with Crippen molar-refractivity contribution in [3.63, 3.8) is 0 Å². The number of thiocarbonyl (C=S) groups is 1. The predicted molar refractivity (Wildman–Crippen MR) is 84.0 cm³/mol. The second kappa shape index (κ2) is 6.95. The van der Waals surface area contributed by atoms with E-state index in [1.54, 1.807) is 0 Å². The number of hydrogen-bond acceptors (Lipinski definition) is 5. The van der Waals surface area contributed by atoms with Crippen molar-refractivity contribution < 1.29 is 4.74 Å². The maximum Gasteiger partial charge on any atom is 0.159 e. The van der Waals surface area contributed by atoms with E-state index in [2.05, 4.69) is 15.5 Å². The van der Waals surface area contributed by atoms with Gasteiger partial charge >= 0.3 is 0 Å². The summed E-state index contributed by atoms with van der Waals surface area (Å²) in [6.45, 7) is 6.31. The number of ether oxygens (including phenoxy) is 1. The minimum Gasteiger partial charge on any atom is -0.389 e. The highest BCUT2D eigenvalue weighted by molar-refractivity contribution is 7.80. The van der Waals surface area contributed by atoms with Crippen LogP contribution >= 0.6 is 12.2 Å². The Kier molecular flexibility index (Phi) is 5.25. The summed E-state index contributed by atoms with van der Waals surface area (Å²) in [4.78, 5) is 0.355. The van der Waals surface area contributed by atoms with Gasteiger partial charge in [-0.1, -0.05) is 12.2 Å². The zero-order chi connectivity index (χ0) is 14.5. The third kappa shape index (κ3) is 4.11. The van der Waals surface area contributed by atoms with Crippen molar-refractivity contribution in [3.05, 3.63) is 16.8 Å². The molecule has 0 aliphatic heterocycles. The molecule has 0 saturated heterocycles. The molecule has 3 N–H and O–H groups in total. The quantitative estimate of drug-likeness (QED) is 0.564. The topological polar surface area (TPSA) is 73.1 Å². The molecule has 0 amide bonds. The summed E-state index contributed by atoms with van der Waals surface area (Å²) in [6.07, 6.45) is 3.58. The fourth-order valence-corrected chi connectivity index (χ4v) is 2.20. The van der Waals surface area contributed by atoms with Crippen LogP contribution < -0.4 is 11.1 Å². The third-order valence-corrected chi connectivity index (χ3v) is 3.71. The van der Waals surface area contributed by atoms with Crippen molar-refractivity contribution in [3.8, 4) is 0 Å². The molecule has 0 radical (unpaired) electrons. The van der Waals surface area contributed by atoms with Gasteiger partial charge in [-0.25, -0.2) is 0 Å². The maximum atomic E-state index is 5.78. The van der Waals surface area contributed by atoms with Gasteiger partial charge in [-0.2, -0.15) is 5.10 Å². The fraction of sp³-hybridized carbons (Fsp3) is 0.643. The number of aromatic nitrogens is 2. The summed E-state index contributed by atoms with van der Waals surface area (Å²) in [7, 11) is 0. The Balaban J connectivity index is 1.82. The van der Waals surface area contributed by atoms with Gasteiger partial charge in [0.05, 0.1) is 11.3 Å². The number of anilines is 1. The van der Waals surface area contributed by atoms with E-state index in [0.29, 0.717) is 10.8 Å². The molecule has 1 aliphatic rings. The largest absolute Gasteiger partial charge is 0.389 e. The molecule has 20 heavy (non-hydrogen) atoms. The smallest absolute Gasteiger partial charge is 0.159 e. The van der Waals surface area contributed by atoms with Gasteiger partial charge in [0.25, 0.3) is 0 Å². The lowest BCUT2D eigenvalue weighted by Crippen LogP contribution is -2.19. The van der Waals surface area contributed by atoms with Crippen LogP contribution in [0.2, 0.25) is 0 Å². The molecule has 1 saturated carbocycles. The second-order valence-corrected chi connectivity index (χ2v) is 5.74. The second-order valence-electron chi connectivity index (χ2n) is 5.30. The number of aryl methyl sites for hydroxylation is 1. The van der Waals surface area contributed by atoms with Gasteiger partial charge in [-0.15, -0.1) is 5.10 Å². The number of nitrogens with two attached hydrogens (primary N) is 1. The van der Waals surface area contributed by atoms with E-state index in [1.807, 2.05) is 13.8 Å². The first-order valence-corrected chi connectivity index (χ1v) is 7.45. The highest BCUT2D eigenvalue weighted by Crippen LogP contribution is 2.28. The first-order chi connectivity index (χ1) is 9.59. The normalized spacial score (nSPS) is 14.3. The van der Waals surface area contributed by atoms with Gasteiger partial charge in [0.1, 0.15) is 4.99 Å². The van der Waals surface area contributed by atoms with Gasteiger partial charge in [-0.05, 0) is 44.6 Å². The molecule has 0 unspecified atom stereocenters. The lowest BCUT2D eigenvalue weighted by molar-refractivity contribution is 0.124. The van der Waals surface area contributed by atoms with Crippen LogP contribution in [-0.4, -0.2) is 34.9 Å². The molecule has 1 aliphatic carbocycles. The average molecular weight is 294 g/mol. The molecule has 0 spiro atoms. The van der Waals surface area contributed by atoms with E-state index in [-0.39, 0.29) is 0 Å². The summed E-state index contributed by atoms with van der Waals surface area (Å²) in [5, 5.41) is 11.5. The molecule has 5 nitrogen and oxygen atoms in total. The van der Waals surface area contributed by atoms with Crippen LogP contribution in [0, 0.1) is 19.8 Å². The van der Waals surface area contributed by atoms with Crippen molar-refractivity contribution in [1.29, 1.82) is 0 Å². The van der Waals surface area contributed by atoms with Crippen molar-refractivity contribution in [2.24, 2.45) is 11.7 Å². The lowest BCUT2D eigenvalue weighted by atomic mass is 10.1. The van der Waals surface area contributed by atoms with Gasteiger partial charge < -0.3 is 15.8 Å². The number of nitrogens with one attached hydrogen (secondary N) is 1. The molecular formula is C14H22N4OS. The average Bonchev–Trinajstić information content (AvgIpc) is 3.21. The van der Waals surface area contributed by atoms with E-state index < -0.39 is 0 Å². The molecule has 0 bridgehead atoms. The molecule has 1 aromatic rings. The zero-order valence-electron chi connectivity index (χ0n) is 12.1. The van der Waals surface area contributed by atoms with Gasteiger partial charge in [-0.3, -0.25) is 0 Å². The molecule has 1 fully saturated rings. The van der Waals surface area contributed by atoms with Crippen LogP contribution in [-0.2, 0) is 4.74 Å². The number of hydrogen-bond donors (Lipinski definition) is 2. The molecule has 1 aromatic heterocycles. The highest BCUT2D eigenvalue weighted by atomic mass is 32.1. The van der Waals surface area contributed by atoms with Crippen molar-refractivity contribution in [2.75, 3.05) is 25.1 Å². The van der Waals surface area contributed by atoms with E-state index in [4.69, 9.17) is 22.7 Å². The Labute approximate surface area is 125 Å². The molecular weight excluding hydrogens is 272 g/mol. The van der Waals surface area contributed by atoms with Crippen molar-refractivity contribution in [2.45, 2.75) is 33.1 Å². The predicted octanol–water partition coefficient (Wildman–Crippen LogP) is 1.96. The maximum absolute atomic E-state index is 5.78. The summed E-state index contributed by atoms with van der Waals surface area (Å²) in [5.41, 5.74) is 8.41. The Morgan fingerprint density at radius 1 is 1.40 bits per heavy atom. The Morgan fingerprint density at radius 3 is 2.80 bits per heavy atom. The van der Waals surface area contributed by atoms with Crippen LogP contribution in [0.3, 0.4) is 0 Å². The van der Waals surface area contributed by atoms with Gasteiger partial charge in [0.2, 0.25) is 0 Å². The van der Waals surface area contributed by atoms with Crippen LogP contribution in [0.4, 0.5) is 5.82 Å². The molecule has 6 heteroatoms.